The summed E-state index contributed by atoms with van der Waals surface area (Å²) in [6, 6.07) is 2.12. The van der Waals surface area contributed by atoms with E-state index in [1.807, 2.05) is 4.68 Å². The molecule has 2 aromatic heterocycles. The summed E-state index contributed by atoms with van der Waals surface area (Å²) in [6.45, 7) is 4.13. The van der Waals surface area contributed by atoms with Crippen molar-refractivity contribution in [3.8, 4) is 0 Å². The number of hydrogen-bond donors (Lipinski definition) is 1. The van der Waals surface area contributed by atoms with Gasteiger partial charge in [0, 0.05) is 6.04 Å². The van der Waals surface area contributed by atoms with Crippen molar-refractivity contribution < 1.29 is 0 Å². The van der Waals surface area contributed by atoms with Gasteiger partial charge < -0.3 is 5.73 Å². The van der Waals surface area contributed by atoms with Crippen LogP contribution in [0.2, 0.25) is 5.02 Å². The molecule has 2 N–H and O–H groups in total. The Morgan fingerprint density at radius 3 is 2.76 bits per heavy atom. The highest BCUT2D eigenvalue weighted by molar-refractivity contribution is 14.1. The molecule has 0 aliphatic rings. The van der Waals surface area contributed by atoms with Crippen LogP contribution in [0.5, 0.6) is 0 Å². The zero-order valence-electron chi connectivity index (χ0n) is 9.52. The summed E-state index contributed by atoms with van der Waals surface area (Å²) in [6.07, 6.45) is 1.66. The number of aromatic nitrogens is 2. The van der Waals surface area contributed by atoms with Crippen LogP contribution in [0.4, 0.5) is 0 Å². The van der Waals surface area contributed by atoms with Gasteiger partial charge in [-0.15, -0.1) is 11.3 Å². The molecule has 0 radical (unpaired) electrons. The Balaban J connectivity index is 2.43. The van der Waals surface area contributed by atoms with Crippen molar-refractivity contribution in [2.24, 2.45) is 5.73 Å². The topological polar surface area (TPSA) is 43.8 Å². The van der Waals surface area contributed by atoms with Crippen LogP contribution in [0.15, 0.2) is 17.6 Å². The van der Waals surface area contributed by atoms with Gasteiger partial charge in [-0.1, -0.05) is 11.6 Å². The zero-order chi connectivity index (χ0) is 12.6. The minimum atomic E-state index is -0.216. The molecule has 0 aromatic carbocycles. The van der Waals surface area contributed by atoms with Crippen LogP contribution in [0, 0.1) is 2.88 Å². The molecule has 0 saturated carbocycles. The van der Waals surface area contributed by atoms with Crippen molar-refractivity contribution in [1.29, 1.82) is 0 Å². The molecule has 0 aliphatic carbocycles. The van der Waals surface area contributed by atoms with E-state index in [0.717, 1.165) is 11.3 Å². The average Bonchev–Trinajstić information content (AvgIpc) is 2.83. The fourth-order valence-corrected chi connectivity index (χ4v) is 3.35. The van der Waals surface area contributed by atoms with E-state index in [0.29, 0.717) is 5.02 Å². The Labute approximate surface area is 123 Å². The van der Waals surface area contributed by atoms with E-state index in [1.54, 1.807) is 17.5 Å². The highest BCUT2D eigenvalue weighted by Crippen LogP contribution is 2.31. The molecule has 2 rings (SSSR count). The number of nitrogens with two attached hydrogens (primary N) is 1. The number of hydrogen-bond acceptors (Lipinski definition) is 3. The molecule has 17 heavy (non-hydrogen) atoms. The average molecular weight is 382 g/mol. The van der Waals surface area contributed by atoms with Crippen LogP contribution in [0.3, 0.4) is 0 Å². The second-order valence-corrected chi connectivity index (χ2v) is 7.29. The molecule has 0 fully saturated rings. The highest BCUT2D eigenvalue weighted by atomic mass is 127. The third-order valence-electron chi connectivity index (χ3n) is 2.52. The lowest BCUT2D eigenvalue weighted by molar-refractivity contribution is 0.499. The molecule has 0 aliphatic heterocycles. The summed E-state index contributed by atoms with van der Waals surface area (Å²) in [5, 5.41) is 6.98. The molecule has 6 heteroatoms. The summed E-state index contributed by atoms with van der Waals surface area (Å²) in [4.78, 5) is 0. The monoisotopic (exact) mass is 381 g/mol. The molecule has 2 aromatic rings. The molecule has 0 amide bonds. The van der Waals surface area contributed by atoms with Gasteiger partial charge in [-0.25, -0.2) is 0 Å². The first-order chi connectivity index (χ1) is 8.00. The molecule has 0 saturated heterocycles. The fraction of sp³-hybridized carbons (Fsp3) is 0.364. The van der Waals surface area contributed by atoms with E-state index < -0.39 is 0 Å². The molecule has 1 unspecified atom stereocenters. The summed E-state index contributed by atoms with van der Waals surface area (Å²) >= 11 is 10.2. The molecule has 0 spiro atoms. The molecule has 92 valence electrons. The Morgan fingerprint density at radius 2 is 2.24 bits per heavy atom. The van der Waals surface area contributed by atoms with Crippen molar-refractivity contribution in [3.63, 3.8) is 0 Å². The normalized spacial score (nSPS) is 13.3. The Hall–Kier alpha value is -0.110. The maximum absolute atomic E-state index is 6.27. The van der Waals surface area contributed by atoms with Crippen molar-refractivity contribution in [1.82, 2.24) is 9.78 Å². The molecule has 1 atom stereocenters. The summed E-state index contributed by atoms with van der Waals surface area (Å²) in [5.41, 5.74) is 8.24. The summed E-state index contributed by atoms with van der Waals surface area (Å²) in [5.74, 6) is 0. The molecule has 2 heterocycles. The van der Waals surface area contributed by atoms with Gasteiger partial charge in [-0.2, -0.15) is 5.10 Å². The van der Waals surface area contributed by atoms with Crippen molar-refractivity contribution in [2.45, 2.75) is 25.9 Å². The van der Waals surface area contributed by atoms with Crippen LogP contribution >= 0.6 is 45.5 Å². The maximum atomic E-state index is 6.27. The van der Waals surface area contributed by atoms with Crippen LogP contribution in [-0.4, -0.2) is 9.78 Å². The molecule has 3 nitrogen and oxygen atoms in total. The van der Waals surface area contributed by atoms with E-state index in [-0.39, 0.29) is 12.1 Å². The van der Waals surface area contributed by atoms with Crippen LogP contribution in [0.25, 0.3) is 0 Å². The minimum absolute atomic E-state index is 0.216. The first-order valence-corrected chi connectivity index (χ1v) is 7.56. The van der Waals surface area contributed by atoms with Gasteiger partial charge in [-0.05, 0) is 53.4 Å². The maximum Gasteiger partial charge on any atom is 0.0837 e. The standard InChI is InChI=1S/C11H13ClIN3S/c1-6(2)16-11(8(12)4-15-16)10(14)7-3-9(13)17-5-7/h3-6,10H,14H2,1-2H3. The predicted octanol–water partition coefficient (Wildman–Crippen LogP) is 3.83. The summed E-state index contributed by atoms with van der Waals surface area (Å²) < 4.78 is 3.11. The first-order valence-electron chi connectivity index (χ1n) is 5.23. The second kappa shape index (κ2) is 5.26. The van der Waals surface area contributed by atoms with Crippen LogP contribution in [-0.2, 0) is 0 Å². The fourth-order valence-electron chi connectivity index (χ4n) is 1.70. The second-order valence-electron chi connectivity index (χ2n) is 4.08. The highest BCUT2D eigenvalue weighted by Gasteiger charge is 2.20. The zero-order valence-corrected chi connectivity index (χ0v) is 13.3. The van der Waals surface area contributed by atoms with E-state index in [1.165, 1.54) is 2.88 Å². The van der Waals surface area contributed by atoms with Gasteiger partial charge >= 0.3 is 0 Å². The van der Waals surface area contributed by atoms with E-state index in [4.69, 9.17) is 17.3 Å². The van der Waals surface area contributed by atoms with Gasteiger partial charge in [-0.3, -0.25) is 4.68 Å². The predicted molar refractivity (Wildman–Crippen MR) is 80.7 cm³/mol. The molecule has 0 bridgehead atoms. The van der Waals surface area contributed by atoms with Gasteiger partial charge in [0.25, 0.3) is 0 Å². The van der Waals surface area contributed by atoms with Gasteiger partial charge in [0.05, 0.1) is 25.8 Å². The first kappa shape index (κ1) is 13.3. The smallest absolute Gasteiger partial charge is 0.0837 e. The lowest BCUT2D eigenvalue weighted by Gasteiger charge is -2.16. The van der Waals surface area contributed by atoms with Gasteiger partial charge in [0.2, 0.25) is 0 Å². The number of thiophene rings is 1. The van der Waals surface area contributed by atoms with E-state index in [9.17, 15) is 0 Å². The SMILES string of the molecule is CC(C)n1ncc(Cl)c1C(N)c1csc(I)c1. The molecular weight excluding hydrogens is 369 g/mol. The minimum Gasteiger partial charge on any atom is -0.319 e. The van der Waals surface area contributed by atoms with Crippen LogP contribution in [0.1, 0.15) is 37.2 Å². The van der Waals surface area contributed by atoms with Crippen molar-refractivity contribution in [2.75, 3.05) is 0 Å². The largest absolute Gasteiger partial charge is 0.319 e. The Bertz CT molecular complexity index is 521. The third-order valence-corrected chi connectivity index (χ3v) is 4.62. The van der Waals surface area contributed by atoms with E-state index in [2.05, 4.69) is 53.0 Å². The van der Waals surface area contributed by atoms with Gasteiger partial charge in [0.1, 0.15) is 0 Å². The third kappa shape index (κ3) is 2.67. The van der Waals surface area contributed by atoms with Crippen molar-refractivity contribution >= 4 is 45.5 Å². The number of nitrogens with zero attached hydrogens (tertiary/aromatic N) is 2. The number of rotatable bonds is 3. The van der Waals surface area contributed by atoms with E-state index >= 15 is 0 Å². The lowest BCUT2D eigenvalue weighted by atomic mass is 10.1. The quantitative estimate of drug-likeness (QED) is 0.821. The van der Waals surface area contributed by atoms with Gasteiger partial charge in [0.15, 0.2) is 0 Å². The van der Waals surface area contributed by atoms with Crippen molar-refractivity contribution in [3.05, 3.63) is 36.8 Å². The Kier molecular flexibility index (Phi) is 4.12. The lowest BCUT2D eigenvalue weighted by Crippen LogP contribution is -2.18. The Morgan fingerprint density at radius 1 is 1.53 bits per heavy atom. The number of halogens is 2. The molecular formula is C11H13ClIN3S. The summed E-state index contributed by atoms with van der Waals surface area (Å²) in [7, 11) is 0. The van der Waals surface area contributed by atoms with Crippen LogP contribution < -0.4 is 5.73 Å².